The van der Waals surface area contributed by atoms with Gasteiger partial charge in [-0.05, 0) is 62.0 Å². The van der Waals surface area contributed by atoms with Crippen LogP contribution in [0.4, 0.5) is 13.2 Å². The van der Waals surface area contributed by atoms with Crippen LogP contribution in [-0.4, -0.2) is 88.0 Å². The first kappa shape index (κ1) is 28.0. The third kappa shape index (κ3) is 6.12. The molecule has 1 aliphatic rings. The lowest BCUT2D eigenvalue weighted by molar-refractivity contribution is -0.127. The van der Waals surface area contributed by atoms with Crippen LogP contribution in [0.5, 0.6) is 5.75 Å². The third-order valence-electron chi connectivity index (χ3n) is 7.29. The van der Waals surface area contributed by atoms with Crippen LogP contribution in [0.2, 0.25) is 0 Å². The fraction of sp³-hybridized carbons (Fsp3) is 0.462. The van der Waals surface area contributed by atoms with Gasteiger partial charge < -0.3 is 9.64 Å². The zero-order valence-corrected chi connectivity index (χ0v) is 23.2. The molecule has 5 heterocycles. The number of aryl methyl sites for hydroxylation is 1. The molecule has 0 spiro atoms. The summed E-state index contributed by atoms with van der Waals surface area (Å²) >= 11 is 0. The maximum absolute atomic E-state index is 13.7. The zero-order valence-electron chi connectivity index (χ0n) is 22.4. The Morgan fingerprint density at radius 2 is 1.93 bits per heavy atom. The minimum atomic E-state index is -4.48. The SMILES string of the molecule is COc1cc(-c2[nH]nc(-c3cc(C)c(C4CCN(CCS(C)(=O)=O)CC4)cn3)c2CC(F)(F)F)cn2ncnc12. The van der Waals surface area contributed by atoms with Crippen LogP contribution in [0, 0.1) is 6.92 Å². The quantitative estimate of drug-likeness (QED) is 0.336. The van der Waals surface area contributed by atoms with E-state index in [-0.39, 0.29) is 28.6 Å². The van der Waals surface area contributed by atoms with Crippen molar-refractivity contribution in [3.05, 3.63) is 47.5 Å². The monoisotopic (exact) mass is 577 g/mol. The molecular weight excluding hydrogens is 547 g/mol. The molecular formula is C26H30F3N7O3S. The molecule has 0 unspecified atom stereocenters. The van der Waals surface area contributed by atoms with Crippen molar-refractivity contribution in [2.75, 3.05) is 38.8 Å². The van der Waals surface area contributed by atoms with Crippen molar-refractivity contribution in [1.29, 1.82) is 0 Å². The number of likely N-dealkylation sites (tertiary alicyclic amines) is 1. The summed E-state index contributed by atoms with van der Waals surface area (Å²) in [7, 11) is -1.56. The lowest BCUT2D eigenvalue weighted by Gasteiger charge is -2.32. The van der Waals surface area contributed by atoms with Crippen LogP contribution in [0.3, 0.4) is 0 Å². The van der Waals surface area contributed by atoms with Gasteiger partial charge in [0, 0.05) is 36.3 Å². The second-order valence-electron chi connectivity index (χ2n) is 10.2. The molecule has 1 N–H and O–H groups in total. The average molecular weight is 578 g/mol. The van der Waals surface area contributed by atoms with E-state index < -0.39 is 22.4 Å². The number of hydrogen-bond donors (Lipinski definition) is 1. The molecule has 1 fully saturated rings. The summed E-state index contributed by atoms with van der Waals surface area (Å²) in [5.74, 6) is 0.741. The largest absolute Gasteiger partial charge is 0.493 e. The number of alkyl halides is 3. The standard InChI is InChI=1S/C26H30F3N7O3S/c1-16-10-21(30-13-20(16)17-4-6-35(7-5-17)8-9-40(3,37)38)24-19(12-26(27,28)29)23(33-34-24)18-11-22(39-2)25-31-15-32-36(25)14-18/h10-11,13-15,17H,4-9,12H2,1-3H3,(H,33,34). The second kappa shape index (κ2) is 10.8. The molecule has 14 heteroatoms. The van der Waals surface area contributed by atoms with Crippen LogP contribution in [0.15, 0.2) is 30.9 Å². The number of fused-ring (bicyclic) bond motifs is 1. The molecule has 4 aromatic rings. The molecule has 0 amide bonds. The summed E-state index contributed by atoms with van der Waals surface area (Å²) in [6, 6.07) is 3.39. The number of aromatic amines is 1. The number of nitrogens with one attached hydrogen (secondary N) is 1. The number of halogens is 3. The average Bonchev–Trinajstić information content (AvgIpc) is 3.53. The Kier molecular flexibility index (Phi) is 7.57. The molecule has 0 radical (unpaired) electrons. The molecule has 0 saturated carbocycles. The van der Waals surface area contributed by atoms with Crippen molar-refractivity contribution in [3.63, 3.8) is 0 Å². The van der Waals surface area contributed by atoms with Gasteiger partial charge in [0.1, 0.15) is 21.9 Å². The topological polar surface area (TPSA) is 118 Å². The number of H-pyrrole nitrogens is 1. The molecule has 0 aromatic carbocycles. The molecule has 1 aliphatic heterocycles. The number of methoxy groups -OCH3 is 1. The summed E-state index contributed by atoms with van der Waals surface area (Å²) in [5, 5.41) is 11.2. The van der Waals surface area contributed by atoms with Crippen LogP contribution >= 0.6 is 0 Å². The third-order valence-corrected chi connectivity index (χ3v) is 8.22. The molecule has 5 rings (SSSR count). The first-order valence-corrected chi connectivity index (χ1v) is 14.9. The fourth-order valence-corrected chi connectivity index (χ4v) is 5.85. The smallest absolute Gasteiger partial charge is 0.393 e. The fourth-order valence-electron chi connectivity index (χ4n) is 5.26. The van der Waals surface area contributed by atoms with Gasteiger partial charge in [-0.3, -0.25) is 10.1 Å². The Balaban J connectivity index is 1.43. The molecule has 0 atom stereocenters. The number of nitrogens with zero attached hydrogens (tertiary/aromatic N) is 6. The molecule has 4 aromatic heterocycles. The van der Waals surface area contributed by atoms with E-state index in [0.717, 1.165) is 37.1 Å². The predicted molar refractivity (Wildman–Crippen MR) is 143 cm³/mol. The Morgan fingerprint density at radius 3 is 2.58 bits per heavy atom. The number of hydrogen-bond acceptors (Lipinski definition) is 8. The van der Waals surface area contributed by atoms with Gasteiger partial charge in [0.25, 0.3) is 0 Å². The molecule has 1 saturated heterocycles. The zero-order chi connectivity index (χ0) is 28.7. The van der Waals surface area contributed by atoms with E-state index >= 15 is 0 Å². The van der Waals surface area contributed by atoms with Gasteiger partial charge in [-0.25, -0.2) is 17.9 Å². The van der Waals surface area contributed by atoms with Crippen LogP contribution in [0.25, 0.3) is 28.3 Å². The Hall–Kier alpha value is -3.52. The van der Waals surface area contributed by atoms with Gasteiger partial charge in [0.2, 0.25) is 0 Å². The summed E-state index contributed by atoms with van der Waals surface area (Å²) in [5.41, 5.74) is 3.49. The van der Waals surface area contributed by atoms with Crippen LogP contribution in [0.1, 0.15) is 35.4 Å². The maximum Gasteiger partial charge on any atom is 0.393 e. The highest BCUT2D eigenvalue weighted by molar-refractivity contribution is 7.90. The predicted octanol–water partition coefficient (Wildman–Crippen LogP) is 3.83. The van der Waals surface area contributed by atoms with Crippen molar-refractivity contribution in [3.8, 4) is 28.4 Å². The Labute approximate surface area is 229 Å². The second-order valence-corrected chi connectivity index (χ2v) is 12.5. The number of piperidine rings is 1. The summed E-state index contributed by atoms with van der Waals surface area (Å²) in [6.07, 6.45) is 1.92. The molecule has 214 valence electrons. The van der Waals surface area contributed by atoms with Crippen molar-refractivity contribution in [2.45, 2.75) is 38.3 Å². The summed E-state index contributed by atoms with van der Waals surface area (Å²) in [6.45, 7) is 4.00. The van der Waals surface area contributed by atoms with Gasteiger partial charge >= 0.3 is 6.18 Å². The molecule has 0 bridgehead atoms. The van der Waals surface area contributed by atoms with Crippen molar-refractivity contribution in [2.24, 2.45) is 0 Å². The minimum Gasteiger partial charge on any atom is -0.493 e. The maximum atomic E-state index is 13.7. The number of aromatic nitrogens is 6. The van der Waals surface area contributed by atoms with E-state index in [1.807, 2.05) is 6.92 Å². The van der Waals surface area contributed by atoms with Gasteiger partial charge in [0.15, 0.2) is 11.4 Å². The van der Waals surface area contributed by atoms with E-state index in [1.54, 1.807) is 24.5 Å². The van der Waals surface area contributed by atoms with E-state index in [1.165, 1.54) is 24.2 Å². The van der Waals surface area contributed by atoms with Gasteiger partial charge in [-0.15, -0.1) is 0 Å². The van der Waals surface area contributed by atoms with Gasteiger partial charge in [0.05, 0.1) is 30.7 Å². The highest BCUT2D eigenvalue weighted by Crippen LogP contribution is 2.37. The van der Waals surface area contributed by atoms with Crippen molar-refractivity contribution >= 4 is 15.5 Å². The van der Waals surface area contributed by atoms with Crippen LogP contribution in [-0.2, 0) is 16.3 Å². The van der Waals surface area contributed by atoms with Gasteiger partial charge in [-0.2, -0.15) is 23.4 Å². The highest BCUT2D eigenvalue weighted by Gasteiger charge is 2.33. The molecule has 10 nitrogen and oxygen atoms in total. The van der Waals surface area contributed by atoms with Crippen molar-refractivity contribution in [1.82, 2.24) is 34.7 Å². The first-order chi connectivity index (χ1) is 18.9. The number of pyridine rings is 2. The molecule has 0 aliphatic carbocycles. The number of rotatable bonds is 8. The van der Waals surface area contributed by atoms with Gasteiger partial charge in [-0.1, -0.05) is 0 Å². The lowest BCUT2D eigenvalue weighted by atomic mass is 9.87. The lowest BCUT2D eigenvalue weighted by Crippen LogP contribution is -2.36. The number of ether oxygens (including phenoxy) is 1. The van der Waals surface area contributed by atoms with E-state index in [2.05, 4.69) is 30.2 Å². The first-order valence-electron chi connectivity index (χ1n) is 12.8. The Bertz CT molecular complexity index is 1620. The molecule has 40 heavy (non-hydrogen) atoms. The van der Waals surface area contributed by atoms with Crippen LogP contribution < -0.4 is 4.74 Å². The summed E-state index contributed by atoms with van der Waals surface area (Å²) < 4.78 is 71.0. The highest BCUT2D eigenvalue weighted by atomic mass is 32.2. The summed E-state index contributed by atoms with van der Waals surface area (Å²) in [4.78, 5) is 10.8. The van der Waals surface area contributed by atoms with Crippen molar-refractivity contribution < 1.29 is 26.3 Å². The number of sulfone groups is 1. The van der Waals surface area contributed by atoms with E-state index in [4.69, 9.17) is 4.74 Å². The minimum absolute atomic E-state index is 0.0205. The Morgan fingerprint density at radius 1 is 1.18 bits per heavy atom. The normalized spacial score (nSPS) is 15.7. The van der Waals surface area contributed by atoms with E-state index in [0.29, 0.717) is 29.2 Å². The van der Waals surface area contributed by atoms with E-state index in [9.17, 15) is 21.6 Å².